The molecule has 1 saturated carbocycles. The Bertz CT molecular complexity index is 470. The standard InChI is InChI=1S/C16H20O2/c1-5-13-10-18-11(3)15(13)9-14(6-2)16(7-8-16)12(4)17/h2,9,13H,5,7-8,10H2,1,3-4H3/b14-9+. The summed E-state index contributed by atoms with van der Waals surface area (Å²) in [5, 5.41) is 0. The Morgan fingerprint density at radius 2 is 2.28 bits per heavy atom. The van der Waals surface area contributed by atoms with Crippen LogP contribution in [0.2, 0.25) is 0 Å². The third kappa shape index (κ3) is 1.99. The fraction of sp³-hybridized carbons (Fsp3) is 0.562. The van der Waals surface area contributed by atoms with Gasteiger partial charge in [-0.05, 0) is 44.8 Å². The summed E-state index contributed by atoms with van der Waals surface area (Å²) in [5.74, 6) is 4.29. The van der Waals surface area contributed by atoms with Gasteiger partial charge in [0.2, 0.25) is 0 Å². The number of rotatable bonds is 4. The molecule has 1 atom stereocenters. The van der Waals surface area contributed by atoms with Gasteiger partial charge in [-0.25, -0.2) is 0 Å². The van der Waals surface area contributed by atoms with E-state index >= 15 is 0 Å². The first-order chi connectivity index (χ1) is 8.55. The zero-order valence-corrected chi connectivity index (χ0v) is 11.4. The molecule has 0 spiro atoms. The van der Waals surface area contributed by atoms with Crippen molar-refractivity contribution in [2.24, 2.45) is 11.3 Å². The minimum atomic E-state index is -0.358. The van der Waals surface area contributed by atoms with Crippen molar-refractivity contribution in [3.05, 3.63) is 23.0 Å². The van der Waals surface area contributed by atoms with E-state index in [1.807, 2.05) is 13.0 Å². The molecule has 2 nitrogen and oxygen atoms in total. The molecule has 1 heterocycles. The van der Waals surface area contributed by atoms with Crippen LogP contribution in [-0.4, -0.2) is 12.4 Å². The Hall–Kier alpha value is -1.49. The lowest BCUT2D eigenvalue weighted by atomic mass is 9.87. The molecule has 1 aliphatic carbocycles. The maximum absolute atomic E-state index is 11.8. The van der Waals surface area contributed by atoms with E-state index in [9.17, 15) is 4.79 Å². The maximum Gasteiger partial charge on any atom is 0.140 e. The fourth-order valence-corrected chi connectivity index (χ4v) is 2.65. The van der Waals surface area contributed by atoms with Gasteiger partial charge in [0.1, 0.15) is 5.78 Å². The number of carbonyl (C=O) groups is 1. The highest BCUT2D eigenvalue weighted by molar-refractivity contribution is 5.90. The second-order valence-electron chi connectivity index (χ2n) is 5.27. The summed E-state index contributed by atoms with van der Waals surface area (Å²) in [5.41, 5.74) is 1.66. The number of terminal acetylenes is 1. The van der Waals surface area contributed by atoms with E-state index in [0.29, 0.717) is 5.92 Å². The lowest BCUT2D eigenvalue weighted by Crippen LogP contribution is -2.15. The Kier molecular flexibility index (Phi) is 3.34. The predicted molar refractivity (Wildman–Crippen MR) is 71.7 cm³/mol. The number of hydrogen-bond donors (Lipinski definition) is 0. The highest BCUT2D eigenvalue weighted by Crippen LogP contribution is 2.53. The first-order valence-corrected chi connectivity index (χ1v) is 6.58. The summed E-state index contributed by atoms with van der Waals surface area (Å²) >= 11 is 0. The average molecular weight is 244 g/mol. The van der Waals surface area contributed by atoms with Gasteiger partial charge in [-0.1, -0.05) is 12.8 Å². The topological polar surface area (TPSA) is 26.3 Å². The van der Waals surface area contributed by atoms with Crippen molar-refractivity contribution in [2.45, 2.75) is 40.0 Å². The van der Waals surface area contributed by atoms with Crippen molar-refractivity contribution < 1.29 is 9.53 Å². The van der Waals surface area contributed by atoms with Gasteiger partial charge in [0.15, 0.2) is 0 Å². The monoisotopic (exact) mass is 244 g/mol. The quantitative estimate of drug-likeness (QED) is 0.710. The van der Waals surface area contributed by atoms with Crippen LogP contribution >= 0.6 is 0 Å². The second kappa shape index (κ2) is 4.65. The van der Waals surface area contributed by atoms with Gasteiger partial charge < -0.3 is 4.74 Å². The van der Waals surface area contributed by atoms with Crippen LogP contribution in [0.25, 0.3) is 0 Å². The molecule has 0 N–H and O–H groups in total. The molecule has 0 amide bonds. The van der Waals surface area contributed by atoms with E-state index in [0.717, 1.165) is 37.2 Å². The van der Waals surface area contributed by atoms with Gasteiger partial charge >= 0.3 is 0 Å². The number of allylic oxidation sites excluding steroid dienone is 3. The molecule has 2 rings (SSSR count). The molecule has 0 radical (unpaired) electrons. The molecule has 0 aromatic carbocycles. The van der Waals surface area contributed by atoms with Crippen LogP contribution in [0.5, 0.6) is 0 Å². The molecule has 1 unspecified atom stereocenters. The summed E-state index contributed by atoms with van der Waals surface area (Å²) in [6.45, 7) is 6.50. The highest BCUT2D eigenvalue weighted by atomic mass is 16.5. The van der Waals surface area contributed by atoms with Gasteiger partial charge in [0.25, 0.3) is 0 Å². The molecule has 96 valence electrons. The summed E-state index contributed by atoms with van der Waals surface area (Å²) in [4.78, 5) is 11.8. The Balaban J connectivity index is 2.35. The lowest BCUT2D eigenvalue weighted by molar-refractivity contribution is -0.120. The molecule has 18 heavy (non-hydrogen) atoms. The second-order valence-corrected chi connectivity index (χ2v) is 5.27. The van der Waals surface area contributed by atoms with Crippen molar-refractivity contribution in [3.63, 3.8) is 0 Å². The Morgan fingerprint density at radius 1 is 1.61 bits per heavy atom. The van der Waals surface area contributed by atoms with Crippen LogP contribution < -0.4 is 0 Å². The SMILES string of the molecule is C#C/C(=C\C1=C(C)OCC1CC)C1(C(C)=O)CC1. The van der Waals surface area contributed by atoms with Crippen molar-refractivity contribution in [1.29, 1.82) is 0 Å². The van der Waals surface area contributed by atoms with Crippen molar-refractivity contribution in [2.75, 3.05) is 6.61 Å². The van der Waals surface area contributed by atoms with Crippen LogP contribution in [0, 0.1) is 23.7 Å². The van der Waals surface area contributed by atoms with Crippen molar-refractivity contribution >= 4 is 5.78 Å². The molecule has 0 saturated heterocycles. The summed E-state index contributed by atoms with van der Waals surface area (Å²) < 4.78 is 5.59. The van der Waals surface area contributed by atoms with Gasteiger partial charge in [0, 0.05) is 11.5 Å². The first-order valence-electron chi connectivity index (χ1n) is 6.58. The predicted octanol–water partition coefficient (Wildman–Crippen LogP) is 3.25. The molecule has 1 aliphatic heterocycles. The molecule has 0 bridgehead atoms. The lowest BCUT2D eigenvalue weighted by Gasteiger charge is -2.13. The van der Waals surface area contributed by atoms with Crippen molar-refractivity contribution in [1.82, 2.24) is 0 Å². The normalized spacial score (nSPS) is 25.7. The molecular weight excluding hydrogens is 224 g/mol. The fourth-order valence-electron chi connectivity index (χ4n) is 2.65. The van der Waals surface area contributed by atoms with Gasteiger partial charge in [-0.15, -0.1) is 6.42 Å². The number of ether oxygens (including phenoxy) is 1. The zero-order chi connectivity index (χ0) is 13.3. The van der Waals surface area contributed by atoms with Crippen LogP contribution in [0.4, 0.5) is 0 Å². The van der Waals surface area contributed by atoms with Gasteiger partial charge in [-0.3, -0.25) is 4.79 Å². The van der Waals surface area contributed by atoms with Gasteiger partial charge in [-0.2, -0.15) is 0 Å². The van der Waals surface area contributed by atoms with Crippen LogP contribution in [-0.2, 0) is 9.53 Å². The van der Waals surface area contributed by atoms with E-state index in [2.05, 4.69) is 12.8 Å². The van der Waals surface area contributed by atoms with Crippen LogP contribution in [0.3, 0.4) is 0 Å². The molecule has 0 aromatic heterocycles. The zero-order valence-electron chi connectivity index (χ0n) is 11.4. The van der Waals surface area contributed by atoms with E-state index in [4.69, 9.17) is 11.2 Å². The highest BCUT2D eigenvalue weighted by Gasteiger charge is 2.50. The molecule has 2 heteroatoms. The Labute approximate surface area is 109 Å². The van der Waals surface area contributed by atoms with E-state index in [1.54, 1.807) is 6.92 Å². The molecule has 1 fully saturated rings. The average Bonchev–Trinajstić information content (AvgIpc) is 3.08. The third-order valence-electron chi connectivity index (χ3n) is 4.24. The number of ketones is 1. The molecule has 0 aromatic rings. The third-order valence-corrected chi connectivity index (χ3v) is 4.24. The number of carbonyl (C=O) groups excluding carboxylic acids is 1. The Morgan fingerprint density at radius 3 is 2.72 bits per heavy atom. The molecule has 2 aliphatic rings. The van der Waals surface area contributed by atoms with E-state index < -0.39 is 0 Å². The number of hydrogen-bond acceptors (Lipinski definition) is 2. The minimum absolute atomic E-state index is 0.192. The van der Waals surface area contributed by atoms with E-state index in [-0.39, 0.29) is 11.2 Å². The van der Waals surface area contributed by atoms with E-state index in [1.165, 1.54) is 5.57 Å². The summed E-state index contributed by atoms with van der Waals surface area (Å²) in [6, 6.07) is 0. The van der Waals surface area contributed by atoms with Crippen LogP contribution in [0.15, 0.2) is 23.0 Å². The van der Waals surface area contributed by atoms with Crippen LogP contribution in [0.1, 0.15) is 40.0 Å². The maximum atomic E-state index is 11.8. The smallest absolute Gasteiger partial charge is 0.140 e. The van der Waals surface area contributed by atoms with Gasteiger partial charge in [0.05, 0.1) is 17.8 Å². The first kappa shape index (κ1) is 13.0. The largest absolute Gasteiger partial charge is 0.497 e. The van der Waals surface area contributed by atoms with Crippen molar-refractivity contribution in [3.8, 4) is 12.3 Å². The minimum Gasteiger partial charge on any atom is -0.497 e. The summed E-state index contributed by atoms with van der Waals surface area (Å²) in [7, 11) is 0. The summed E-state index contributed by atoms with van der Waals surface area (Å²) in [6.07, 6.45) is 10.5. The molecular formula is C16H20O2. The number of Topliss-reactive ketones (excluding diaryl/α,β-unsaturated/α-hetero) is 1.